The zero-order chi connectivity index (χ0) is 16.4. The van der Waals surface area contributed by atoms with E-state index in [1.54, 1.807) is 7.11 Å². The fraction of sp³-hybridized carbons (Fsp3) is 0.333. The van der Waals surface area contributed by atoms with Crippen LogP contribution in [0.1, 0.15) is 39.2 Å². The molecule has 1 aliphatic rings. The Balaban J connectivity index is 2.75. The van der Waals surface area contributed by atoms with Gasteiger partial charge in [-0.2, -0.15) is 0 Å². The molecule has 0 atom stereocenters. The lowest BCUT2D eigenvalue weighted by Gasteiger charge is -2.31. The summed E-state index contributed by atoms with van der Waals surface area (Å²) >= 11 is 0. The number of methoxy groups -OCH3 is 1. The third kappa shape index (κ3) is 2.69. The summed E-state index contributed by atoms with van der Waals surface area (Å²) in [7, 11) is 1.59. The summed E-state index contributed by atoms with van der Waals surface area (Å²) < 4.78 is 5.44. The number of carbonyl (C=O) groups excluding carboxylic acids is 2. The van der Waals surface area contributed by atoms with Crippen molar-refractivity contribution in [3.63, 3.8) is 0 Å². The first-order valence-electron chi connectivity index (χ1n) is 7.21. The number of ether oxygens (including phenoxy) is 1. The highest BCUT2D eigenvalue weighted by molar-refractivity contribution is 6.03. The molecule has 0 saturated heterocycles. The molecule has 0 aliphatic carbocycles. The third-order valence-corrected chi connectivity index (χ3v) is 3.97. The van der Waals surface area contributed by atoms with Gasteiger partial charge >= 0.3 is 0 Å². The second kappa shape index (κ2) is 6.18. The molecule has 0 aromatic heterocycles. The van der Waals surface area contributed by atoms with E-state index in [1.165, 1.54) is 13.8 Å². The molecule has 0 bridgehead atoms. The van der Waals surface area contributed by atoms with Gasteiger partial charge in [0.1, 0.15) is 5.75 Å². The lowest BCUT2D eigenvalue weighted by atomic mass is 9.77. The van der Waals surface area contributed by atoms with Crippen molar-refractivity contribution < 1.29 is 14.3 Å². The lowest BCUT2D eigenvalue weighted by molar-refractivity contribution is -0.114. The van der Waals surface area contributed by atoms with E-state index in [1.807, 2.05) is 38.1 Å². The van der Waals surface area contributed by atoms with Crippen molar-refractivity contribution >= 4 is 11.6 Å². The molecule has 1 aromatic carbocycles. The molecule has 22 heavy (non-hydrogen) atoms. The van der Waals surface area contributed by atoms with Crippen LogP contribution < -0.4 is 10.1 Å². The van der Waals surface area contributed by atoms with Crippen LogP contribution in [0.15, 0.2) is 46.8 Å². The highest BCUT2D eigenvalue weighted by Crippen LogP contribution is 2.42. The van der Waals surface area contributed by atoms with Gasteiger partial charge in [-0.05, 0) is 33.8 Å². The maximum atomic E-state index is 12.2. The minimum atomic E-state index is -0.396. The molecule has 2 rings (SSSR count). The maximum Gasteiger partial charge on any atom is 0.158 e. The van der Waals surface area contributed by atoms with E-state index in [0.717, 1.165) is 17.0 Å². The number of allylic oxidation sites excluding steroid dienone is 4. The summed E-state index contributed by atoms with van der Waals surface area (Å²) in [5.74, 6) is 0.180. The molecule has 4 nitrogen and oxygen atoms in total. The summed E-state index contributed by atoms with van der Waals surface area (Å²) in [4.78, 5) is 24.4. The smallest absolute Gasteiger partial charge is 0.158 e. The van der Waals surface area contributed by atoms with E-state index in [9.17, 15) is 9.59 Å². The molecule has 4 heteroatoms. The normalized spacial score (nSPS) is 15.7. The van der Waals surface area contributed by atoms with E-state index >= 15 is 0 Å². The van der Waals surface area contributed by atoms with Gasteiger partial charge in [-0.15, -0.1) is 0 Å². The number of ketones is 2. The average Bonchev–Trinajstić information content (AvgIpc) is 2.45. The zero-order valence-electron chi connectivity index (χ0n) is 13.6. The number of carbonyl (C=O) groups is 2. The van der Waals surface area contributed by atoms with Gasteiger partial charge in [0.05, 0.1) is 7.11 Å². The number of para-hydroxylation sites is 1. The first-order chi connectivity index (χ1) is 10.4. The molecule has 0 saturated carbocycles. The molecular formula is C18H21NO3. The molecule has 0 fully saturated rings. The molecule has 0 radical (unpaired) electrons. The van der Waals surface area contributed by atoms with Crippen LogP contribution in [0.3, 0.4) is 0 Å². The quantitative estimate of drug-likeness (QED) is 0.928. The molecule has 0 amide bonds. The predicted octanol–water partition coefficient (Wildman–Crippen LogP) is 3.11. The van der Waals surface area contributed by atoms with Gasteiger partial charge in [-0.1, -0.05) is 18.2 Å². The fourth-order valence-corrected chi connectivity index (χ4v) is 3.14. The van der Waals surface area contributed by atoms with Crippen molar-refractivity contribution in [2.75, 3.05) is 7.11 Å². The van der Waals surface area contributed by atoms with E-state index < -0.39 is 5.92 Å². The minimum absolute atomic E-state index is 0.0489. The Morgan fingerprint density at radius 1 is 1.00 bits per heavy atom. The van der Waals surface area contributed by atoms with Crippen molar-refractivity contribution in [2.24, 2.45) is 0 Å². The maximum absolute atomic E-state index is 12.2. The van der Waals surface area contributed by atoms with Crippen LogP contribution in [-0.4, -0.2) is 18.7 Å². The van der Waals surface area contributed by atoms with Crippen LogP contribution in [-0.2, 0) is 9.59 Å². The van der Waals surface area contributed by atoms with E-state index in [2.05, 4.69) is 5.32 Å². The van der Waals surface area contributed by atoms with Crippen LogP contribution in [0.4, 0.5) is 0 Å². The van der Waals surface area contributed by atoms with Gasteiger partial charge in [0, 0.05) is 34.0 Å². The lowest BCUT2D eigenvalue weighted by Crippen LogP contribution is -2.30. The van der Waals surface area contributed by atoms with E-state index in [0.29, 0.717) is 16.9 Å². The molecule has 1 heterocycles. The number of nitrogens with one attached hydrogen (secondary N) is 1. The number of dihydropyridines is 1. The Morgan fingerprint density at radius 2 is 1.50 bits per heavy atom. The number of rotatable bonds is 4. The Morgan fingerprint density at radius 3 is 1.95 bits per heavy atom. The first kappa shape index (κ1) is 16.0. The van der Waals surface area contributed by atoms with Gasteiger partial charge in [0.25, 0.3) is 0 Å². The minimum Gasteiger partial charge on any atom is -0.496 e. The molecule has 0 spiro atoms. The number of hydrogen-bond acceptors (Lipinski definition) is 4. The van der Waals surface area contributed by atoms with Crippen molar-refractivity contribution in [3.05, 3.63) is 52.4 Å². The standard InChI is InChI=1S/C18H21NO3/c1-10-16(12(3)20)18(17(13(4)21)11(2)19-10)14-8-6-7-9-15(14)22-5/h6-9,18-19H,1-5H3. The predicted molar refractivity (Wildman–Crippen MR) is 85.6 cm³/mol. The van der Waals surface area contributed by atoms with Gasteiger partial charge in [0.15, 0.2) is 11.6 Å². The Hall–Kier alpha value is -2.36. The highest BCUT2D eigenvalue weighted by atomic mass is 16.5. The van der Waals surface area contributed by atoms with Gasteiger partial charge in [-0.3, -0.25) is 9.59 Å². The van der Waals surface area contributed by atoms with Crippen molar-refractivity contribution in [2.45, 2.75) is 33.6 Å². The van der Waals surface area contributed by atoms with E-state index in [-0.39, 0.29) is 11.6 Å². The van der Waals surface area contributed by atoms with Crippen LogP contribution in [0.25, 0.3) is 0 Å². The molecule has 1 aromatic rings. The van der Waals surface area contributed by atoms with Gasteiger partial charge in [-0.25, -0.2) is 0 Å². The summed E-state index contributed by atoms with van der Waals surface area (Å²) in [6.07, 6.45) is 0. The first-order valence-corrected chi connectivity index (χ1v) is 7.21. The summed E-state index contributed by atoms with van der Waals surface area (Å²) in [6, 6.07) is 7.51. The number of Topliss-reactive ketones (excluding diaryl/α,β-unsaturated/α-hetero) is 2. The molecule has 0 unspecified atom stereocenters. The molecule has 1 N–H and O–H groups in total. The topological polar surface area (TPSA) is 55.4 Å². The Kier molecular flexibility index (Phi) is 4.50. The molecule has 1 aliphatic heterocycles. The highest BCUT2D eigenvalue weighted by Gasteiger charge is 2.34. The third-order valence-electron chi connectivity index (χ3n) is 3.97. The molecular weight excluding hydrogens is 278 g/mol. The van der Waals surface area contributed by atoms with Gasteiger partial charge < -0.3 is 10.1 Å². The van der Waals surface area contributed by atoms with Gasteiger partial charge in [0.2, 0.25) is 0 Å². The monoisotopic (exact) mass is 299 g/mol. The fourth-order valence-electron chi connectivity index (χ4n) is 3.14. The number of benzene rings is 1. The van der Waals surface area contributed by atoms with Crippen LogP contribution >= 0.6 is 0 Å². The Bertz CT molecular complexity index is 662. The van der Waals surface area contributed by atoms with Crippen LogP contribution in [0.2, 0.25) is 0 Å². The summed E-state index contributed by atoms with van der Waals surface area (Å²) in [5, 5.41) is 3.16. The second-order valence-corrected chi connectivity index (χ2v) is 5.49. The van der Waals surface area contributed by atoms with Crippen molar-refractivity contribution in [3.8, 4) is 5.75 Å². The number of hydrogen-bond donors (Lipinski definition) is 1. The Labute approximate surface area is 130 Å². The van der Waals surface area contributed by atoms with Crippen LogP contribution in [0, 0.1) is 0 Å². The summed E-state index contributed by atoms with van der Waals surface area (Å²) in [6.45, 7) is 6.78. The largest absolute Gasteiger partial charge is 0.496 e. The average molecular weight is 299 g/mol. The molecule has 116 valence electrons. The van der Waals surface area contributed by atoms with E-state index in [4.69, 9.17) is 4.74 Å². The van der Waals surface area contributed by atoms with Crippen molar-refractivity contribution in [1.82, 2.24) is 5.32 Å². The van der Waals surface area contributed by atoms with Crippen LogP contribution in [0.5, 0.6) is 5.75 Å². The summed E-state index contributed by atoms with van der Waals surface area (Å²) in [5.41, 5.74) is 3.62. The zero-order valence-corrected chi connectivity index (χ0v) is 13.6. The SMILES string of the molecule is COc1ccccc1C1C(C(C)=O)=C(C)NC(C)=C1C(C)=O. The van der Waals surface area contributed by atoms with Crippen molar-refractivity contribution in [1.29, 1.82) is 0 Å². The second-order valence-electron chi connectivity index (χ2n) is 5.49.